The van der Waals surface area contributed by atoms with Gasteiger partial charge in [0.2, 0.25) is 0 Å². The number of amides is 2. The van der Waals surface area contributed by atoms with E-state index in [0.29, 0.717) is 46.3 Å². The normalized spacial score (nSPS) is 13.7. The Morgan fingerprint density at radius 2 is 1.64 bits per heavy atom. The number of methoxy groups -OCH3 is 1. The molecule has 5 rings (SSSR count). The van der Waals surface area contributed by atoms with Crippen molar-refractivity contribution in [2.24, 2.45) is 5.10 Å². The molecule has 2 N–H and O–H groups in total. The summed E-state index contributed by atoms with van der Waals surface area (Å²) >= 11 is 6.12. The second kappa shape index (κ2) is 11.6. The van der Waals surface area contributed by atoms with Gasteiger partial charge in [-0.2, -0.15) is 5.10 Å². The number of halogens is 1. The van der Waals surface area contributed by atoms with E-state index in [1.165, 1.54) is 7.11 Å². The Bertz CT molecular complexity index is 1490. The quantitative estimate of drug-likeness (QED) is 0.261. The summed E-state index contributed by atoms with van der Waals surface area (Å²) < 4.78 is 11.4. The third-order valence-electron chi connectivity index (χ3n) is 6.77. The summed E-state index contributed by atoms with van der Waals surface area (Å²) in [7, 11) is 1.52. The lowest BCUT2D eigenvalue weighted by Gasteiger charge is -2.18. The van der Waals surface area contributed by atoms with Gasteiger partial charge in [-0.05, 0) is 49.1 Å². The van der Waals surface area contributed by atoms with Gasteiger partial charge in [-0.25, -0.2) is 5.43 Å². The zero-order chi connectivity index (χ0) is 27.4. The monoisotopic (exact) mass is 541 g/mol. The first-order chi connectivity index (χ1) is 19.0. The van der Waals surface area contributed by atoms with Gasteiger partial charge in [0.05, 0.1) is 24.4 Å². The number of nitrogens with one attached hydrogen (secondary N) is 2. The van der Waals surface area contributed by atoms with Gasteiger partial charge in [0, 0.05) is 22.6 Å². The Hall–Kier alpha value is -4.36. The van der Waals surface area contributed by atoms with E-state index in [4.69, 9.17) is 20.8 Å². The number of fused-ring (bicyclic) bond motifs is 1. The van der Waals surface area contributed by atoms with Crippen LogP contribution in [0.1, 0.15) is 57.3 Å². The van der Waals surface area contributed by atoms with Crippen molar-refractivity contribution in [3.8, 4) is 5.75 Å². The van der Waals surface area contributed by atoms with Crippen LogP contribution in [0.4, 0.5) is 5.69 Å². The van der Waals surface area contributed by atoms with Crippen molar-refractivity contribution in [3.63, 3.8) is 0 Å². The molecule has 8 heteroatoms. The van der Waals surface area contributed by atoms with Gasteiger partial charge in [-0.1, -0.05) is 72.3 Å². The smallest absolute Gasteiger partial charge is 0.291 e. The highest BCUT2D eigenvalue weighted by Gasteiger charge is 2.29. The van der Waals surface area contributed by atoms with Crippen molar-refractivity contribution in [1.29, 1.82) is 0 Å². The molecular weight excluding hydrogens is 514 g/mol. The van der Waals surface area contributed by atoms with E-state index in [9.17, 15) is 9.59 Å². The Balaban J connectivity index is 1.41. The van der Waals surface area contributed by atoms with Crippen molar-refractivity contribution < 1.29 is 18.7 Å². The van der Waals surface area contributed by atoms with Crippen LogP contribution in [0.15, 0.2) is 88.4 Å². The Morgan fingerprint density at radius 1 is 0.974 bits per heavy atom. The Morgan fingerprint density at radius 3 is 2.28 bits per heavy atom. The maximum Gasteiger partial charge on any atom is 0.291 e. The standard InChI is InChI=1S/C31H28ClN3O4/c1-19-27-23(34-35-30(36)28(20-10-5-3-6-11-20)21-12-7-4-8-13-21)14-9-15-26(27)39-29(19)31(37)33-24-18-22(32)16-17-25(24)38-2/h3-8,10-13,16-18,28H,9,14-15H2,1-2H3,(H,33,37)(H,35,36)/b34-23+. The van der Waals surface area contributed by atoms with Gasteiger partial charge in [0.15, 0.2) is 5.76 Å². The molecule has 2 amide bonds. The van der Waals surface area contributed by atoms with Crippen LogP contribution in [0, 0.1) is 6.92 Å². The fourth-order valence-corrected chi connectivity index (χ4v) is 5.10. The molecule has 39 heavy (non-hydrogen) atoms. The fourth-order valence-electron chi connectivity index (χ4n) is 4.93. The van der Waals surface area contributed by atoms with E-state index in [1.54, 1.807) is 18.2 Å². The molecule has 0 fully saturated rings. The van der Waals surface area contributed by atoms with Gasteiger partial charge in [-0.15, -0.1) is 0 Å². The molecule has 3 aromatic carbocycles. The molecule has 0 bridgehead atoms. The van der Waals surface area contributed by atoms with Crippen molar-refractivity contribution in [3.05, 3.63) is 118 Å². The molecule has 1 heterocycles. The van der Waals surface area contributed by atoms with Crippen LogP contribution < -0.4 is 15.5 Å². The van der Waals surface area contributed by atoms with E-state index in [1.807, 2.05) is 67.6 Å². The molecule has 4 aromatic rings. The average Bonchev–Trinajstić information content (AvgIpc) is 3.30. The first-order valence-corrected chi connectivity index (χ1v) is 13.1. The predicted molar refractivity (Wildman–Crippen MR) is 152 cm³/mol. The molecular formula is C31H28ClN3O4. The number of nitrogens with zero attached hydrogens (tertiary/aromatic N) is 1. The number of carbonyl (C=O) groups is 2. The molecule has 0 radical (unpaired) electrons. The summed E-state index contributed by atoms with van der Waals surface area (Å²) in [5.41, 5.74) is 7.10. The van der Waals surface area contributed by atoms with E-state index in [-0.39, 0.29) is 11.7 Å². The Kier molecular flexibility index (Phi) is 7.79. The number of hydrogen-bond donors (Lipinski definition) is 2. The largest absolute Gasteiger partial charge is 0.495 e. The highest BCUT2D eigenvalue weighted by atomic mass is 35.5. The molecule has 1 aliphatic carbocycles. The SMILES string of the molecule is COc1ccc(Cl)cc1NC(=O)c1oc2c(c1C)/C(=N/NC(=O)C(c1ccccc1)c1ccccc1)CCC2. The van der Waals surface area contributed by atoms with Crippen molar-refractivity contribution >= 4 is 34.8 Å². The maximum absolute atomic E-state index is 13.5. The molecule has 7 nitrogen and oxygen atoms in total. The number of carbonyl (C=O) groups excluding carboxylic acids is 2. The van der Waals surface area contributed by atoms with Crippen LogP contribution in [-0.2, 0) is 11.2 Å². The summed E-state index contributed by atoms with van der Waals surface area (Å²) in [6.07, 6.45) is 2.12. The minimum absolute atomic E-state index is 0.189. The molecule has 1 aliphatic rings. The number of anilines is 1. The second-order valence-corrected chi connectivity index (χ2v) is 9.73. The van der Waals surface area contributed by atoms with Gasteiger partial charge < -0.3 is 14.5 Å². The molecule has 0 saturated carbocycles. The number of ether oxygens (including phenoxy) is 1. The molecule has 0 saturated heterocycles. The van der Waals surface area contributed by atoms with Crippen LogP contribution in [0.3, 0.4) is 0 Å². The molecule has 0 aliphatic heterocycles. The fraction of sp³-hybridized carbons (Fsp3) is 0.194. The van der Waals surface area contributed by atoms with E-state index in [0.717, 1.165) is 23.1 Å². The van der Waals surface area contributed by atoms with E-state index in [2.05, 4.69) is 15.8 Å². The van der Waals surface area contributed by atoms with E-state index < -0.39 is 11.8 Å². The van der Waals surface area contributed by atoms with Crippen molar-refractivity contribution in [1.82, 2.24) is 5.43 Å². The third kappa shape index (κ3) is 5.59. The lowest BCUT2D eigenvalue weighted by molar-refractivity contribution is -0.121. The van der Waals surface area contributed by atoms with Crippen LogP contribution >= 0.6 is 11.6 Å². The summed E-state index contributed by atoms with van der Waals surface area (Å²) in [6, 6.07) is 24.2. The summed E-state index contributed by atoms with van der Waals surface area (Å²) in [5.74, 6) is 0.183. The van der Waals surface area contributed by atoms with Crippen molar-refractivity contribution in [2.45, 2.75) is 32.1 Å². The number of benzene rings is 3. The maximum atomic E-state index is 13.5. The number of hydrogen-bond acceptors (Lipinski definition) is 5. The lowest BCUT2D eigenvalue weighted by Crippen LogP contribution is -2.28. The van der Waals surface area contributed by atoms with Gasteiger partial charge >= 0.3 is 0 Å². The van der Waals surface area contributed by atoms with Gasteiger partial charge in [0.25, 0.3) is 11.8 Å². The third-order valence-corrected chi connectivity index (χ3v) is 7.01. The zero-order valence-corrected chi connectivity index (χ0v) is 22.4. The molecule has 198 valence electrons. The van der Waals surface area contributed by atoms with Crippen LogP contribution in [0.5, 0.6) is 5.75 Å². The second-order valence-electron chi connectivity index (χ2n) is 9.30. The molecule has 0 unspecified atom stereocenters. The highest BCUT2D eigenvalue weighted by molar-refractivity contribution is 6.31. The van der Waals surface area contributed by atoms with Crippen LogP contribution in [-0.4, -0.2) is 24.6 Å². The van der Waals surface area contributed by atoms with Gasteiger partial charge in [0.1, 0.15) is 11.5 Å². The first-order valence-electron chi connectivity index (χ1n) is 12.7. The number of aryl methyl sites for hydroxylation is 1. The average molecular weight is 542 g/mol. The topological polar surface area (TPSA) is 92.9 Å². The lowest BCUT2D eigenvalue weighted by atomic mass is 9.90. The minimum atomic E-state index is -0.515. The first kappa shape index (κ1) is 26.3. The minimum Gasteiger partial charge on any atom is -0.495 e. The molecule has 1 aromatic heterocycles. The zero-order valence-electron chi connectivity index (χ0n) is 21.7. The summed E-state index contributed by atoms with van der Waals surface area (Å²) in [6.45, 7) is 1.83. The van der Waals surface area contributed by atoms with Gasteiger partial charge in [-0.3, -0.25) is 9.59 Å². The summed E-state index contributed by atoms with van der Waals surface area (Å²) in [5, 5.41) is 7.84. The number of rotatable bonds is 7. The van der Waals surface area contributed by atoms with E-state index >= 15 is 0 Å². The molecule has 0 atom stereocenters. The Labute approximate surface area is 231 Å². The predicted octanol–water partition coefficient (Wildman–Crippen LogP) is 6.49. The number of furan rings is 1. The summed E-state index contributed by atoms with van der Waals surface area (Å²) in [4.78, 5) is 26.7. The highest BCUT2D eigenvalue weighted by Crippen LogP contribution is 2.33. The van der Waals surface area contributed by atoms with Crippen LogP contribution in [0.25, 0.3) is 0 Å². The van der Waals surface area contributed by atoms with Crippen LogP contribution in [0.2, 0.25) is 5.02 Å². The van der Waals surface area contributed by atoms with Crippen molar-refractivity contribution in [2.75, 3.05) is 12.4 Å². The number of hydrazone groups is 1. The molecule has 0 spiro atoms.